The van der Waals surface area contributed by atoms with Crippen molar-refractivity contribution < 1.29 is 4.39 Å². The Morgan fingerprint density at radius 1 is 1.32 bits per heavy atom. The summed E-state index contributed by atoms with van der Waals surface area (Å²) in [6.07, 6.45) is 0. The van der Waals surface area contributed by atoms with Gasteiger partial charge in [0.05, 0.1) is 6.54 Å². The highest BCUT2D eigenvalue weighted by molar-refractivity contribution is 9.10. The van der Waals surface area contributed by atoms with E-state index in [2.05, 4.69) is 26.1 Å². The standard InChI is InChI=1S/C13H16BrFN4/c1-13(2,3)19-11(7-16)17-18-12(19)9-6-8(15)4-5-10(9)14/h4-6H,7,16H2,1-3H3. The van der Waals surface area contributed by atoms with Gasteiger partial charge in [-0.05, 0) is 39.0 Å². The minimum Gasteiger partial charge on any atom is -0.324 e. The maximum Gasteiger partial charge on any atom is 0.165 e. The monoisotopic (exact) mass is 326 g/mol. The molecule has 0 atom stereocenters. The maximum absolute atomic E-state index is 13.4. The Kier molecular flexibility index (Phi) is 3.73. The molecule has 0 bridgehead atoms. The van der Waals surface area contributed by atoms with Gasteiger partial charge in [-0.25, -0.2) is 4.39 Å². The van der Waals surface area contributed by atoms with Crippen molar-refractivity contribution in [2.45, 2.75) is 32.9 Å². The highest BCUT2D eigenvalue weighted by Gasteiger charge is 2.24. The van der Waals surface area contributed by atoms with Gasteiger partial charge in [0.1, 0.15) is 11.6 Å². The zero-order chi connectivity index (χ0) is 14.2. The van der Waals surface area contributed by atoms with Crippen molar-refractivity contribution >= 4 is 15.9 Å². The number of nitrogens with zero attached hydrogens (tertiary/aromatic N) is 3. The summed E-state index contributed by atoms with van der Waals surface area (Å²) in [6.45, 7) is 6.39. The fraction of sp³-hybridized carbons (Fsp3) is 0.385. The molecule has 0 unspecified atom stereocenters. The molecule has 2 aromatic rings. The van der Waals surface area contributed by atoms with Crippen LogP contribution < -0.4 is 5.73 Å². The highest BCUT2D eigenvalue weighted by Crippen LogP contribution is 2.31. The Bertz CT molecular complexity index is 601. The van der Waals surface area contributed by atoms with Gasteiger partial charge in [-0.2, -0.15) is 0 Å². The first kappa shape index (κ1) is 14.1. The van der Waals surface area contributed by atoms with Gasteiger partial charge >= 0.3 is 0 Å². The first-order valence-corrected chi connectivity index (χ1v) is 6.74. The summed E-state index contributed by atoms with van der Waals surface area (Å²) < 4.78 is 16.2. The van der Waals surface area contributed by atoms with Crippen LogP contribution >= 0.6 is 15.9 Å². The second-order valence-electron chi connectivity index (χ2n) is 5.27. The number of nitrogens with two attached hydrogens (primary N) is 1. The van der Waals surface area contributed by atoms with Crippen LogP contribution in [0.4, 0.5) is 4.39 Å². The van der Waals surface area contributed by atoms with Gasteiger partial charge in [0.15, 0.2) is 5.82 Å². The van der Waals surface area contributed by atoms with Crippen LogP contribution in [0.15, 0.2) is 22.7 Å². The third-order valence-electron chi connectivity index (χ3n) is 2.75. The molecule has 0 saturated heterocycles. The summed E-state index contributed by atoms with van der Waals surface area (Å²) in [6, 6.07) is 4.50. The third kappa shape index (κ3) is 2.69. The molecule has 0 aliphatic rings. The molecule has 102 valence electrons. The molecule has 2 N–H and O–H groups in total. The normalized spacial score (nSPS) is 11.9. The van der Waals surface area contributed by atoms with Crippen LogP contribution in [0, 0.1) is 5.82 Å². The Labute approximate surface area is 120 Å². The Morgan fingerprint density at radius 2 is 2.00 bits per heavy atom. The molecule has 1 aromatic heterocycles. The number of rotatable bonds is 2. The van der Waals surface area contributed by atoms with Crippen LogP contribution in [-0.4, -0.2) is 14.8 Å². The summed E-state index contributed by atoms with van der Waals surface area (Å²) in [5.74, 6) is 0.981. The van der Waals surface area contributed by atoms with E-state index in [0.717, 1.165) is 4.47 Å². The van der Waals surface area contributed by atoms with Crippen molar-refractivity contribution in [1.29, 1.82) is 0 Å². The fourth-order valence-electron chi connectivity index (χ4n) is 2.00. The largest absolute Gasteiger partial charge is 0.324 e. The molecule has 0 saturated carbocycles. The predicted octanol–water partition coefficient (Wildman–Crippen LogP) is 3.06. The molecule has 6 heteroatoms. The van der Waals surface area contributed by atoms with Gasteiger partial charge < -0.3 is 10.3 Å². The van der Waals surface area contributed by atoms with Crippen molar-refractivity contribution in [3.05, 3.63) is 34.3 Å². The van der Waals surface area contributed by atoms with Crippen molar-refractivity contribution in [2.75, 3.05) is 0 Å². The van der Waals surface area contributed by atoms with Gasteiger partial charge in [0.2, 0.25) is 0 Å². The zero-order valence-electron chi connectivity index (χ0n) is 11.1. The summed E-state index contributed by atoms with van der Waals surface area (Å²) in [4.78, 5) is 0. The number of aromatic nitrogens is 3. The lowest BCUT2D eigenvalue weighted by Crippen LogP contribution is -2.26. The number of benzene rings is 1. The first-order valence-electron chi connectivity index (χ1n) is 5.95. The minimum atomic E-state index is -0.309. The van der Waals surface area contributed by atoms with Crippen LogP contribution in [0.3, 0.4) is 0 Å². The molecule has 19 heavy (non-hydrogen) atoms. The molecule has 1 aromatic carbocycles. The maximum atomic E-state index is 13.4. The van der Waals surface area contributed by atoms with Crippen LogP contribution in [-0.2, 0) is 12.1 Å². The van der Waals surface area contributed by atoms with E-state index >= 15 is 0 Å². The Morgan fingerprint density at radius 3 is 2.58 bits per heavy atom. The van der Waals surface area contributed by atoms with Gasteiger partial charge in [0.25, 0.3) is 0 Å². The SMILES string of the molecule is CC(C)(C)n1c(CN)nnc1-c1cc(F)ccc1Br. The van der Waals surface area contributed by atoms with Crippen molar-refractivity contribution in [2.24, 2.45) is 5.73 Å². The van der Waals surface area contributed by atoms with E-state index in [0.29, 0.717) is 17.2 Å². The van der Waals surface area contributed by atoms with E-state index in [9.17, 15) is 4.39 Å². The molecule has 0 aliphatic heterocycles. The van der Waals surface area contributed by atoms with E-state index in [-0.39, 0.29) is 17.9 Å². The van der Waals surface area contributed by atoms with E-state index in [4.69, 9.17) is 5.73 Å². The second-order valence-corrected chi connectivity index (χ2v) is 6.13. The van der Waals surface area contributed by atoms with E-state index < -0.39 is 0 Å². The van der Waals surface area contributed by atoms with Crippen LogP contribution in [0.1, 0.15) is 26.6 Å². The average Bonchev–Trinajstić information content (AvgIpc) is 2.75. The lowest BCUT2D eigenvalue weighted by molar-refractivity contribution is 0.386. The molecule has 0 fully saturated rings. The Balaban J connectivity index is 2.69. The number of hydrogen-bond acceptors (Lipinski definition) is 3. The molecule has 0 spiro atoms. The van der Waals surface area contributed by atoms with E-state index in [1.165, 1.54) is 12.1 Å². The molecule has 1 heterocycles. The van der Waals surface area contributed by atoms with Gasteiger partial charge in [-0.15, -0.1) is 10.2 Å². The van der Waals surface area contributed by atoms with E-state index in [1.807, 2.05) is 25.3 Å². The van der Waals surface area contributed by atoms with Gasteiger partial charge in [0, 0.05) is 15.6 Å². The van der Waals surface area contributed by atoms with E-state index in [1.54, 1.807) is 6.07 Å². The van der Waals surface area contributed by atoms with Crippen molar-refractivity contribution in [1.82, 2.24) is 14.8 Å². The van der Waals surface area contributed by atoms with Crippen LogP contribution in [0.25, 0.3) is 11.4 Å². The molecule has 0 aliphatic carbocycles. The highest BCUT2D eigenvalue weighted by atomic mass is 79.9. The number of halogens is 2. The fourth-order valence-corrected chi connectivity index (χ4v) is 2.42. The molecule has 0 amide bonds. The molecular formula is C13H16BrFN4. The number of hydrogen-bond donors (Lipinski definition) is 1. The zero-order valence-corrected chi connectivity index (χ0v) is 12.7. The predicted molar refractivity (Wildman–Crippen MR) is 76.0 cm³/mol. The molecular weight excluding hydrogens is 311 g/mol. The molecule has 4 nitrogen and oxygen atoms in total. The third-order valence-corrected chi connectivity index (χ3v) is 3.44. The van der Waals surface area contributed by atoms with Crippen LogP contribution in [0.2, 0.25) is 0 Å². The van der Waals surface area contributed by atoms with Crippen molar-refractivity contribution in [3.8, 4) is 11.4 Å². The summed E-state index contributed by atoms with van der Waals surface area (Å²) in [5.41, 5.74) is 6.13. The van der Waals surface area contributed by atoms with Crippen LogP contribution in [0.5, 0.6) is 0 Å². The molecule has 0 radical (unpaired) electrons. The summed E-state index contributed by atoms with van der Waals surface area (Å²) >= 11 is 3.42. The quantitative estimate of drug-likeness (QED) is 0.922. The average molecular weight is 327 g/mol. The summed E-state index contributed by atoms with van der Waals surface area (Å²) in [7, 11) is 0. The minimum absolute atomic E-state index is 0.237. The van der Waals surface area contributed by atoms with Gasteiger partial charge in [-0.1, -0.05) is 15.9 Å². The second kappa shape index (κ2) is 5.02. The topological polar surface area (TPSA) is 56.7 Å². The van der Waals surface area contributed by atoms with Gasteiger partial charge in [-0.3, -0.25) is 0 Å². The summed E-state index contributed by atoms with van der Waals surface area (Å²) in [5, 5.41) is 8.25. The lowest BCUT2D eigenvalue weighted by atomic mass is 10.1. The lowest BCUT2D eigenvalue weighted by Gasteiger charge is -2.25. The molecule has 2 rings (SSSR count). The van der Waals surface area contributed by atoms with Crippen molar-refractivity contribution in [3.63, 3.8) is 0 Å². The Hall–Kier alpha value is -1.27. The first-order chi connectivity index (χ1) is 8.84. The smallest absolute Gasteiger partial charge is 0.165 e.